The van der Waals surface area contributed by atoms with Crippen molar-refractivity contribution in [3.05, 3.63) is 29.8 Å². The van der Waals surface area contributed by atoms with E-state index in [1.54, 1.807) is 12.4 Å². The highest BCUT2D eigenvalue weighted by Crippen LogP contribution is 2.18. The molecule has 0 spiro atoms. The van der Waals surface area contributed by atoms with Gasteiger partial charge < -0.3 is 4.57 Å². The van der Waals surface area contributed by atoms with Gasteiger partial charge >= 0.3 is 0 Å². The molecule has 0 saturated heterocycles. The van der Waals surface area contributed by atoms with Crippen LogP contribution in [0.3, 0.4) is 0 Å². The first kappa shape index (κ1) is 12.8. The molecule has 0 amide bonds. The number of nitrogens with zero attached hydrogens (tertiary/aromatic N) is 2. The molecule has 0 aliphatic heterocycles. The van der Waals surface area contributed by atoms with Gasteiger partial charge in [-0.3, -0.25) is 0 Å². The van der Waals surface area contributed by atoms with Gasteiger partial charge in [0, 0.05) is 12.6 Å². The number of hydrogen-bond donors (Lipinski definition) is 0. The van der Waals surface area contributed by atoms with Crippen LogP contribution in [0.5, 0.6) is 0 Å². The Morgan fingerprint density at radius 1 is 1.33 bits per heavy atom. The largest absolute Gasteiger partial charge is 0.331 e. The second-order valence-electron chi connectivity index (χ2n) is 5.35. The van der Waals surface area contributed by atoms with Crippen molar-refractivity contribution in [1.29, 1.82) is 0 Å². The Labute approximate surface area is 108 Å². The van der Waals surface area contributed by atoms with Crippen LogP contribution in [0.4, 0.5) is 4.39 Å². The average molecular weight is 260 g/mol. The van der Waals surface area contributed by atoms with Gasteiger partial charge in [0.1, 0.15) is 13.9 Å². The Bertz CT molecular complexity index is 641. The number of hydrogen-bond acceptors (Lipinski definition) is 1. The van der Waals surface area contributed by atoms with E-state index in [4.69, 9.17) is 0 Å². The fraction of sp³-hybridized carbons (Fsp3) is 0.357. The van der Waals surface area contributed by atoms with E-state index in [1.807, 2.05) is 11.5 Å². The van der Waals surface area contributed by atoms with Crippen molar-refractivity contribution in [2.24, 2.45) is 0 Å². The van der Waals surface area contributed by atoms with Gasteiger partial charge in [-0.25, -0.2) is 9.37 Å². The molecule has 0 aliphatic rings. The molecule has 2 aromatic rings. The lowest BCUT2D eigenvalue weighted by Crippen LogP contribution is -2.16. The van der Waals surface area contributed by atoms with Gasteiger partial charge in [0.15, 0.2) is 0 Å². The molecular formula is C14H17FN2Si. The van der Waals surface area contributed by atoms with E-state index in [0.29, 0.717) is 5.56 Å². The monoisotopic (exact) mass is 260 g/mol. The molecule has 0 N–H and O–H groups in total. The van der Waals surface area contributed by atoms with Crippen molar-refractivity contribution in [3.63, 3.8) is 0 Å². The molecular weight excluding hydrogens is 243 g/mol. The van der Waals surface area contributed by atoms with Crippen LogP contribution in [0, 0.1) is 17.3 Å². The molecule has 0 bridgehead atoms. The van der Waals surface area contributed by atoms with Crippen molar-refractivity contribution >= 4 is 19.1 Å². The van der Waals surface area contributed by atoms with Crippen molar-refractivity contribution in [2.45, 2.75) is 33.1 Å². The molecule has 0 radical (unpaired) electrons. The topological polar surface area (TPSA) is 17.8 Å². The van der Waals surface area contributed by atoms with Gasteiger partial charge in [-0.2, -0.15) is 0 Å². The summed E-state index contributed by atoms with van der Waals surface area (Å²) < 4.78 is 15.9. The molecule has 1 heterocycles. The molecule has 0 saturated carbocycles. The van der Waals surface area contributed by atoms with Crippen LogP contribution in [-0.2, 0) is 6.54 Å². The van der Waals surface area contributed by atoms with Gasteiger partial charge in [0.05, 0.1) is 22.9 Å². The van der Waals surface area contributed by atoms with E-state index in [1.165, 1.54) is 6.07 Å². The zero-order valence-electron chi connectivity index (χ0n) is 11.2. The predicted molar refractivity (Wildman–Crippen MR) is 75.6 cm³/mol. The number of aromatic nitrogens is 2. The van der Waals surface area contributed by atoms with E-state index >= 15 is 0 Å². The van der Waals surface area contributed by atoms with Crippen LogP contribution in [-0.4, -0.2) is 17.6 Å². The van der Waals surface area contributed by atoms with Gasteiger partial charge in [-0.1, -0.05) is 25.6 Å². The maximum Gasteiger partial charge on any atom is 0.141 e. The average Bonchev–Trinajstić information content (AvgIpc) is 2.66. The quantitative estimate of drug-likeness (QED) is 0.567. The van der Waals surface area contributed by atoms with E-state index < -0.39 is 8.07 Å². The van der Waals surface area contributed by atoms with E-state index in [9.17, 15) is 4.39 Å². The van der Waals surface area contributed by atoms with E-state index in [2.05, 4.69) is 36.1 Å². The van der Waals surface area contributed by atoms with Crippen molar-refractivity contribution in [1.82, 2.24) is 9.55 Å². The lowest BCUT2D eigenvalue weighted by atomic mass is 10.2. The first-order valence-corrected chi connectivity index (χ1v) is 9.58. The Morgan fingerprint density at radius 3 is 2.67 bits per heavy atom. The Balaban J connectivity index is 2.53. The number of fused-ring (bicyclic) bond motifs is 1. The minimum atomic E-state index is -1.49. The van der Waals surface area contributed by atoms with Crippen LogP contribution in [0.1, 0.15) is 12.5 Å². The Morgan fingerprint density at radius 2 is 2.06 bits per heavy atom. The van der Waals surface area contributed by atoms with Crippen LogP contribution in [0.2, 0.25) is 19.6 Å². The minimum absolute atomic E-state index is 0.261. The number of halogens is 1. The SMILES string of the molecule is CCn1cnc2cc(C#C[Si](C)(C)C)c(F)cc21. The van der Waals surface area contributed by atoms with Crippen LogP contribution >= 0.6 is 0 Å². The molecule has 1 aromatic carbocycles. The summed E-state index contributed by atoms with van der Waals surface area (Å²) in [6, 6.07) is 3.27. The summed E-state index contributed by atoms with van der Waals surface area (Å²) in [5.74, 6) is 2.70. The van der Waals surface area contributed by atoms with Crippen molar-refractivity contribution in [3.8, 4) is 11.5 Å². The van der Waals surface area contributed by atoms with Crippen LogP contribution in [0.25, 0.3) is 11.0 Å². The van der Waals surface area contributed by atoms with Crippen LogP contribution < -0.4 is 0 Å². The molecule has 94 valence electrons. The fourth-order valence-corrected chi connectivity index (χ4v) is 2.19. The highest BCUT2D eigenvalue weighted by Gasteiger charge is 2.10. The third kappa shape index (κ3) is 2.62. The molecule has 0 unspecified atom stereocenters. The summed E-state index contributed by atoms with van der Waals surface area (Å²) in [5.41, 5.74) is 5.26. The molecule has 1 aromatic heterocycles. The minimum Gasteiger partial charge on any atom is -0.331 e. The summed E-state index contributed by atoms with van der Waals surface area (Å²) in [7, 11) is -1.49. The van der Waals surface area contributed by atoms with Crippen LogP contribution in [0.15, 0.2) is 18.5 Å². The number of aryl methyl sites for hydroxylation is 1. The molecule has 4 heteroatoms. The lowest BCUT2D eigenvalue weighted by molar-refractivity contribution is 0.625. The second-order valence-corrected chi connectivity index (χ2v) is 10.1. The zero-order valence-corrected chi connectivity index (χ0v) is 12.2. The summed E-state index contributed by atoms with van der Waals surface area (Å²) in [5, 5.41) is 0. The number of imidazole rings is 1. The maximum atomic E-state index is 14.0. The van der Waals surface area contributed by atoms with E-state index in [-0.39, 0.29) is 5.82 Å². The first-order chi connectivity index (χ1) is 8.40. The van der Waals surface area contributed by atoms with Crippen molar-refractivity contribution in [2.75, 3.05) is 0 Å². The van der Waals surface area contributed by atoms with Gasteiger partial charge in [-0.15, -0.1) is 5.54 Å². The number of benzene rings is 1. The maximum absolute atomic E-state index is 14.0. The lowest BCUT2D eigenvalue weighted by Gasteiger charge is -2.04. The number of rotatable bonds is 1. The summed E-state index contributed by atoms with van der Waals surface area (Å²) in [6.07, 6.45) is 1.74. The van der Waals surface area contributed by atoms with Gasteiger partial charge in [-0.05, 0) is 13.0 Å². The Kier molecular flexibility index (Phi) is 3.27. The molecule has 0 fully saturated rings. The third-order valence-electron chi connectivity index (χ3n) is 2.62. The predicted octanol–water partition coefficient (Wildman–Crippen LogP) is 3.42. The van der Waals surface area contributed by atoms with Crippen molar-refractivity contribution < 1.29 is 4.39 Å². The molecule has 2 nitrogen and oxygen atoms in total. The standard InChI is InChI=1S/C14H17FN2Si/c1-5-17-10-16-13-8-11(6-7-18(2,3)4)12(15)9-14(13)17/h8-10H,5H2,1-4H3. The smallest absolute Gasteiger partial charge is 0.141 e. The zero-order chi connectivity index (χ0) is 13.3. The molecule has 0 aliphatic carbocycles. The second kappa shape index (κ2) is 4.58. The fourth-order valence-electron chi connectivity index (χ4n) is 1.68. The summed E-state index contributed by atoms with van der Waals surface area (Å²) >= 11 is 0. The normalized spacial score (nSPS) is 11.4. The first-order valence-electron chi connectivity index (χ1n) is 6.08. The van der Waals surface area contributed by atoms with Gasteiger partial charge in [0.2, 0.25) is 0 Å². The highest BCUT2D eigenvalue weighted by molar-refractivity contribution is 6.83. The summed E-state index contributed by atoms with van der Waals surface area (Å²) in [4.78, 5) is 4.28. The molecule has 2 rings (SSSR count). The molecule has 18 heavy (non-hydrogen) atoms. The summed E-state index contributed by atoms with van der Waals surface area (Å²) in [6.45, 7) is 9.22. The van der Waals surface area contributed by atoms with Gasteiger partial charge in [0.25, 0.3) is 0 Å². The Hall–Kier alpha value is -1.60. The molecule has 0 atom stereocenters. The highest BCUT2D eigenvalue weighted by atomic mass is 28.3. The van der Waals surface area contributed by atoms with E-state index in [0.717, 1.165) is 17.6 Å². The third-order valence-corrected chi connectivity index (χ3v) is 3.50.